The monoisotopic (exact) mass is 394 g/mol. The molecule has 0 saturated carbocycles. The van der Waals surface area contributed by atoms with E-state index in [1.165, 1.54) is 24.0 Å². The van der Waals surface area contributed by atoms with Crippen LogP contribution in [-0.2, 0) is 14.2 Å². The highest BCUT2D eigenvalue weighted by atomic mass is 16.6. The lowest BCUT2D eigenvalue weighted by atomic mass is 9.78. The summed E-state index contributed by atoms with van der Waals surface area (Å²) in [4.78, 5) is 0. The van der Waals surface area contributed by atoms with E-state index >= 15 is 0 Å². The van der Waals surface area contributed by atoms with E-state index in [0.717, 1.165) is 37.6 Å². The molecule has 0 amide bonds. The third kappa shape index (κ3) is 4.93. The maximum Gasteiger partial charge on any atom is 0.119 e. The van der Waals surface area contributed by atoms with E-state index < -0.39 is 0 Å². The average molecular weight is 395 g/mol. The highest BCUT2D eigenvalue weighted by Crippen LogP contribution is 2.38. The Hall–Kier alpha value is -2.04. The third-order valence-electron chi connectivity index (χ3n) is 6.34. The summed E-state index contributed by atoms with van der Waals surface area (Å²) in [5, 5.41) is 0. The first-order valence-electron chi connectivity index (χ1n) is 10.9. The van der Waals surface area contributed by atoms with Crippen molar-refractivity contribution in [2.24, 2.45) is 5.92 Å². The molecule has 1 aromatic carbocycles. The van der Waals surface area contributed by atoms with E-state index in [-0.39, 0.29) is 0 Å². The van der Waals surface area contributed by atoms with Crippen LogP contribution >= 0.6 is 0 Å². The number of hydrogen-bond acceptors (Lipinski definition) is 4. The van der Waals surface area contributed by atoms with Gasteiger partial charge in [-0.25, -0.2) is 0 Å². The van der Waals surface area contributed by atoms with Crippen molar-refractivity contribution in [2.45, 2.75) is 50.7 Å². The Kier molecular flexibility index (Phi) is 5.47. The highest BCUT2D eigenvalue weighted by Gasteiger charge is 2.26. The zero-order chi connectivity index (χ0) is 19.6. The number of epoxide rings is 2. The van der Waals surface area contributed by atoms with E-state index in [1.54, 1.807) is 5.57 Å². The quantitative estimate of drug-likeness (QED) is 0.463. The molecule has 2 fully saturated rings. The number of hydrogen-bond donors (Lipinski definition) is 0. The fourth-order valence-corrected chi connectivity index (χ4v) is 4.31. The molecule has 2 aliphatic carbocycles. The molecule has 2 aliphatic heterocycles. The van der Waals surface area contributed by atoms with E-state index in [2.05, 4.69) is 49.4 Å². The van der Waals surface area contributed by atoms with Crippen LogP contribution < -0.4 is 4.74 Å². The van der Waals surface area contributed by atoms with Crippen molar-refractivity contribution in [1.29, 1.82) is 0 Å². The van der Waals surface area contributed by atoms with Gasteiger partial charge in [-0.1, -0.05) is 29.9 Å². The summed E-state index contributed by atoms with van der Waals surface area (Å²) in [6.07, 6.45) is 12.3. The van der Waals surface area contributed by atoms with Crippen LogP contribution in [0.5, 0.6) is 5.75 Å². The normalized spacial score (nSPS) is 30.7. The molecule has 0 aromatic heterocycles. The number of benzene rings is 1. The van der Waals surface area contributed by atoms with Crippen LogP contribution in [0.15, 0.2) is 59.4 Å². The smallest absolute Gasteiger partial charge is 0.119 e. The van der Waals surface area contributed by atoms with Crippen molar-refractivity contribution in [3.8, 4) is 5.75 Å². The van der Waals surface area contributed by atoms with E-state index in [0.29, 0.717) is 37.3 Å². The first kappa shape index (κ1) is 19.0. The summed E-state index contributed by atoms with van der Waals surface area (Å²) in [6.45, 7) is 5.20. The van der Waals surface area contributed by atoms with Crippen molar-refractivity contribution in [2.75, 3.05) is 26.4 Å². The van der Waals surface area contributed by atoms with Crippen LogP contribution in [0, 0.1) is 5.92 Å². The Balaban J connectivity index is 1.14. The molecule has 0 N–H and O–H groups in total. The molecule has 0 spiro atoms. The molecule has 0 bridgehead atoms. The van der Waals surface area contributed by atoms with Gasteiger partial charge in [0.05, 0.1) is 13.2 Å². The maximum atomic E-state index is 5.90. The van der Waals surface area contributed by atoms with Crippen molar-refractivity contribution in [1.82, 2.24) is 0 Å². The molecule has 5 rings (SSSR count). The molecule has 4 aliphatic rings. The average Bonchev–Trinajstić information content (AvgIpc) is 3.67. The molecule has 2 saturated heterocycles. The van der Waals surface area contributed by atoms with Gasteiger partial charge in [-0.3, -0.25) is 0 Å². The Morgan fingerprint density at radius 2 is 1.66 bits per heavy atom. The van der Waals surface area contributed by atoms with Gasteiger partial charge in [-0.2, -0.15) is 0 Å². The maximum absolute atomic E-state index is 5.90. The van der Waals surface area contributed by atoms with Gasteiger partial charge in [0.15, 0.2) is 0 Å². The van der Waals surface area contributed by atoms with Gasteiger partial charge < -0.3 is 18.9 Å². The van der Waals surface area contributed by atoms with Gasteiger partial charge in [-0.05, 0) is 67.9 Å². The van der Waals surface area contributed by atoms with Crippen molar-refractivity contribution < 1.29 is 18.9 Å². The molecule has 2 heterocycles. The lowest BCUT2D eigenvalue weighted by Crippen LogP contribution is -2.13. The fraction of sp³-hybridized carbons (Fsp3) is 0.520. The van der Waals surface area contributed by atoms with Gasteiger partial charge in [0, 0.05) is 5.92 Å². The van der Waals surface area contributed by atoms with Crippen LogP contribution in [-0.4, -0.2) is 38.6 Å². The van der Waals surface area contributed by atoms with E-state index in [1.807, 2.05) is 0 Å². The molecule has 4 atom stereocenters. The van der Waals surface area contributed by atoms with Crippen LogP contribution in [0.2, 0.25) is 0 Å². The molecule has 4 unspecified atom stereocenters. The summed E-state index contributed by atoms with van der Waals surface area (Å²) < 4.78 is 22.1. The van der Waals surface area contributed by atoms with Crippen molar-refractivity contribution >= 4 is 0 Å². The summed E-state index contributed by atoms with van der Waals surface area (Å²) in [5.74, 6) is 3.13. The summed E-state index contributed by atoms with van der Waals surface area (Å²) in [7, 11) is 0. The lowest BCUT2D eigenvalue weighted by molar-refractivity contribution is 0.187. The molecular weight excluding hydrogens is 364 g/mol. The van der Waals surface area contributed by atoms with Crippen molar-refractivity contribution in [3.63, 3.8) is 0 Å². The lowest BCUT2D eigenvalue weighted by Gasteiger charge is -2.28. The molecular formula is C25H30O4. The predicted molar refractivity (Wildman–Crippen MR) is 112 cm³/mol. The number of ether oxygens (including phenoxy) is 4. The van der Waals surface area contributed by atoms with Crippen LogP contribution in [0.4, 0.5) is 0 Å². The van der Waals surface area contributed by atoms with Crippen LogP contribution in [0.1, 0.15) is 44.1 Å². The summed E-state index contributed by atoms with van der Waals surface area (Å²) in [6, 6.07) is 8.66. The van der Waals surface area contributed by atoms with Crippen molar-refractivity contribution in [3.05, 3.63) is 65.0 Å². The second-order valence-corrected chi connectivity index (χ2v) is 8.61. The Labute approximate surface area is 173 Å². The number of allylic oxidation sites excluding steroid dienone is 5. The summed E-state index contributed by atoms with van der Waals surface area (Å²) in [5.41, 5.74) is 4.27. The van der Waals surface area contributed by atoms with E-state index in [9.17, 15) is 0 Å². The van der Waals surface area contributed by atoms with Gasteiger partial charge >= 0.3 is 0 Å². The molecule has 0 radical (unpaired) electrons. The second kappa shape index (κ2) is 8.37. The Morgan fingerprint density at radius 1 is 0.931 bits per heavy atom. The second-order valence-electron chi connectivity index (χ2n) is 8.61. The minimum Gasteiger partial charge on any atom is -0.491 e. The highest BCUT2D eigenvalue weighted by molar-refractivity contribution is 5.35. The largest absolute Gasteiger partial charge is 0.491 e. The minimum atomic E-state index is 0.304. The molecule has 4 heteroatoms. The zero-order valence-corrected chi connectivity index (χ0v) is 17.1. The van der Waals surface area contributed by atoms with Gasteiger partial charge in [0.25, 0.3) is 0 Å². The van der Waals surface area contributed by atoms with Crippen LogP contribution in [0.25, 0.3) is 0 Å². The van der Waals surface area contributed by atoms with Gasteiger partial charge in [0.1, 0.15) is 36.9 Å². The zero-order valence-electron chi connectivity index (χ0n) is 17.1. The number of rotatable bonds is 8. The fourth-order valence-electron chi connectivity index (χ4n) is 4.31. The molecule has 29 heavy (non-hydrogen) atoms. The summed E-state index contributed by atoms with van der Waals surface area (Å²) >= 11 is 0. The first-order valence-corrected chi connectivity index (χ1v) is 10.9. The van der Waals surface area contributed by atoms with Crippen LogP contribution in [0.3, 0.4) is 0 Å². The molecule has 1 aromatic rings. The minimum absolute atomic E-state index is 0.304. The Bertz CT molecular complexity index is 812. The SMILES string of the molecule is CC1=CC(C2=CCC(c3ccc(OCC4CO4)cc3)CC2)CC=C1OCC1CO1. The van der Waals surface area contributed by atoms with E-state index in [4.69, 9.17) is 18.9 Å². The first-order chi connectivity index (χ1) is 14.2. The van der Waals surface area contributed by atoms with Gasteiger partial charge in [-0.15, -0.1) is 0 Å². The standard InChI is InChI=1S/C25H30O4/c1-17-12-21(8-11-25(17)29-16-24-15-28-24)20-4-2-18(3-5-20)19-6-9-22(10-7-19)26-13-23-14-27-23/h4,6-7,9-12,18,21,23-24H,2-3,5,8,13-16H2,1H3. The Morgan fingerprint density at radius 3 is 2.28 bits per heavy atom. The predicted octanol–water partition coefficient (Wildman–Crippen LogP) is 4.92. The molecule has 154 valence electrons. The topological polar surface area (TPSA) is 43.5 Å². The molecule has 4 nitrogen and oxygen atoms in total. The third-order valence-corrected chi connectivity index (χ3v) is 6.34. The van der Waals surface area contributed by atoms with Gasteiger partial charge in [0.2, 0.25) is 0 Å².